The lowest BCUT2D eigenvalue weighted by atomic mass is 9.79. The second kappa shape index (κ2) is 5.86. The highest BCUT2D eigenvalue weighted by Crippen LogP contribution is 2.35. The van der Waals surface area contributed by atoms with E-state index in [4.69, 9.17) is 0 Å². The van der Waals surface area contributed by atoms with Gasteiger partial charge in [-0.2, -0.15) is 0 Å². The summed E-state index contributed by atoms with van der Waals surface area (Å²) < 4.78 is 0. The minimum absolute atomic E-state index is 0.943. The Kier molecular flexibility index (Phi) is 4.45. The molecule has 0 saturated heterocycles. The molecular weight excluding hydrogens is 194 g/mol. The zero-order chi connectivity index (χ0) is 11.4. The Morgan fingerprint density at radius 2 is 1.88 bits per heavy atom. The molecule has 0 aromatic carbocycles. The van der Waals surface area contributed by atoms with Gasteiger partial charge in [-0.1, -0.05) is 44.3 Å². The highest BCUT2D eigenvalue weighted by molar-refractivity contribution is 5.22. The van der Waals surface area contributed by atoms with Crippen LogP contribution in [-0.2, 0) is 0 Å². The van der Waals surface area contributed by atoms with Crippen LogP contribution in [0.15, 0.2) is 11.1 Å². The van der Waals surface area contributed by atoms with E-state index in [0.717, 1.165) is 5.92 Å². The molecule has 0 bridgehead atoms. The Labute approximate surface area is 101 Å². The average Bonchev–Trinajstić information content (AvgIpc) is 2.39. The first-order valence-corrected chi connectivity index (χ1v) is 7.28. The monoisotopic (exact) mass is 221 g/mol. The summed E-state index contributed by atoms with van der Waals surface area (Å²) in [6.45, 7) is 8.46. The maximum Gasteiger partial charge on any atom is 0.0198 e. The van der Waals surface area contributed by atoms with Crippen LogP contribution in [0.4, 0.5) is 0 Å². The summed E-state index contributed by atoms with van der Waals surface area (Å²) in [5, 5.41) is 0. The van der Waals surface area contributed by atoms with Crippen molar-refractivity contribution in [2.45, 2.75) is 58.8 Å². The summed E-state index contributed by atoms with van der Waals surface area (Å²) in [6, 6.07) is 0. The zero-order valence-corrected chi connectivity index (χ0v) is 11.1. The Bertz CT molecular complexity index is 248. The van der Waals surface area contributed by atoms with Gasteiger partial charge in [0.15, 0.2) is 0 Å². The summed E-state index contributed by atoms with van der Waals surface area (Å²) in [5.74, 6) is 0.943. The summed E-state index contributed by atoms with van der Waals surface area (Å²) >= 11 is 0. The van der Waals surface area contributed by atoms with E-state index in [1.807, 2.05) is 5.57 Å². The van der Waals surface area contributed by atoms with Crippen molar-refractivity contribution in [2.24, 2.45) is 5.92 Å². The molecule has 1 aliphatic heterocycles. The van der Waals surface area contributed by atoms with Crippen molar-refractivity contribution in [2.75, 3.05) is 19.6 Å². The van der Waals surface area contributed by atoms with Crippen molar-refractivity contribution in [3.05, 3.63) is 11.1 Å². The quantitative estimate of drug-likeness (QED) is 0.651. The lowest BCUT2D eigenvalue weighted by Gasteiger charge is -2.35. The van der Waals surface area contributed by atoms with Gasteiger partial charge in [0.05, 0.1) is 0 Å². The molecule has 0 aromatic heterocycles. The number of rotatable bonds is 3. The van der Waals surface area contributed by atoms with E-state index < -0.39 is 0 Å². The molecule has 2 aliphatic rings. The lowest BCUT2D eigenvalue weighted by molar-refractivity contribution is 0.270. The SMILES string of the molecule is CCC1=C(C2CCCCC2)CN(CC)CC1. The molecule has 0 radical (unpaired) electrons. The molecule has 0 N–H and O–H groups in total. The summed E-state index contributed by atoms with van der Waals surface area (Å²) in [7, 11) is 0. The Morgan fingerprint density at radius 1 is 1.12 bits per heavy atom. The first-order chi connectivity index (χ1) is 7.85. The highest BCUT2D eigenvalue weighted by Gasteiger charge is 2.24. The van der Waals surface area contributed by atoms with Gasteiger partial charge >= 0.3 is 0 Å². The number of hydrogen-bond acceptors (Lipinski definition) is 1. The van der Waals surface area contributed by atoms with Gasteiger partial charge in [-0.15, -0.1) is 0 Å². The Hall–Kier alpha value is -0.300. The molecule has 1 heteroatoms. The standard InChI is InChI=1S/C15H27N/c1-3-13-10-11-16(4-2)12-15(13)14-8-6-5-7-9-14/h14H,3-12H2,1-2H3. The molecule has 1 heterocycles. The lowest BCUT2D eigenvalue weighted by Crippen LogP contribution is -2.34. The smallest absolute Gasteiger partial charge is 0.0198 e. The van der Waals surface area contributed by atoms with Gasteiger partial charge in [0.2, 0.25) is 0 Å². The van der Waals surface area contributed by atoms with Crippen LogP contribution < -0.4 is 0 Å². The molecule has 0 unspecified atom stereocenters. The summed E-state index contributed by atoms with van der Waals surface area (Å²) in [4.78, 5) is 2.63. The molecular formula is C15H27N. The Morgan fingerprint density at radius 3 is 2.50 bits per heavy atom. The fraction of sp³-hybridized carbons (Fsp3) is 0.867. The van der Waals surface area contributed by atoms with Crippen LogP contribution in [-0.4, -0.2) is 24.5 Å². The number of hydrogen-bond donors (Lipinski definition) is 0. The molecule has 2 rings (SSSR count). The molecule has 0 amide bonds. The van der Waals surface area contributed by atoms with Gasteiger partial charge in [-0.25, -0.2) is 0 Å². The van der Waals surface area contributed by atoms with Crippen LogP contribution in [0.1, 0.15) is 58.8 Å². The van der Waals surface area contributed by atoms with Gasteiger partial charge in [0.25, 0.3) is 0 Å². The van der Waals surface area contributed by atoms with E-state index in [2.05, 4.69) is 18.7 Å². The molecule has 1 saturated carbocycles. The van der Waals surface area contributed by atoms with Crippen LogP contribution in [0.3, 0.4) is 0 Å². The van der Waals surface area contributed by atoms with Crippen molar-refractivity contribution in [3.63, 3.8) is 0 Å². The fourth-order valence-corrected chi connectivity index (χ4v) is 3.43. The van der Waals surface area contributed by atoms with E-state index in [1.165, 1.54) is 64.6 Å². The van der Waals surface area contributed by atoms with Crippen molar-refractivity contribution >= 4 is 0 Å². The van der Waals surface area contributed by atoms with Crippen molar-refractivity contribution in [1.29, 1.82) is 0 Å². The van der Waals surface area contributed by atoms with E-state index in [0.29, 0.717) is 0 Å². The topological polar surface area (TPSA) is 3.24 Å². The zero-order valence-electron chi connectivity index (χ0n) is 11.1. The number of nitrogens with zero attached hydrogens (tertiary/aromatic N) is 1. The van der Waals surface area contributed by atoms with Crippen LogP contribution in [0.2, 0.25) is 0 Å². The summed E-state index contributed by atoms with van der Waals surface area (Å²) in [6.07, 6.45) is 9.99. The second-order valence-corrected chi connectivity index (χ2v) is 5.44. The molecule has 0 aromatic rings. The Balaban J connectivity index is 2.09. The first kappa shape index (κ1) is 12.2. The van der Waals surface area contributed by atoms with Crippen molar-refractivity contribution < 1.29 is 0 Å². The third-order valence-corrected chi connectivity index (χ3v) is 4.55. The van der Waals surface area contributed by atoms with Crippen LogP contribution >= 0.6 is 0 Å². The van der Waals surface area contributed by atoms with E-state index in [9.17, 15) is 0 Å². The molecule has 0 spiro atoms. The largest absolute Gasteiger partial charge is 0.299 e. The molecule has 1 fully saturated rings. The molecule has 92 valence electrons. The van der Waals surface area contributed by atoms with Crippen LogP contribution in [0.25, 0.3) is 0 Å². The van der Waals surface area contributed by atoms with Gasteiger partial charge < -0.3 is 0 Å². The first-order valence-electron chi connectivity index (χ1n) is 7.28. The van der Waals surface area contributed by atoms with Crippen molar-refractivity contribution in [1.82, 2.24) is 4.90 Å². The normalized spacial score (nSPS) is 25.1. The van der Waals surface area contributed by atoms with Gasteiger partial charge in [-0.3, -0.25) is 4.90 Å². The van der Waals surface area contributed by atoms with Gasteiger partial charge in [0, 0.05) is 13.1 Å². The minimum atomic E-state index is 0.943. The predicted octanol–water partition coefficient (Wildman–Crippen LogP) is 4.00. The number of likely N-dealkylation sites (N-methyl/N-ethyl adjacent to an activating group) is 1. The molecule has 1 aliphatic carbocycles. The average molecular weight is 221 g/mol. The molecule has 1 nitrogen and oxygen atoms in total. The maximum absolute atomic E-state index is 2.63. The van der Waals surface area contributed by atoms with E-state index in [1.54, 1.807) is 5.57 Å². The van der Waals surface area contributed by atoms with Gasteiger partial charge in [-0.05, 0) is 38.1 Å². The third kappa shape index (κ3) is 2.68. The van der Waals surface area contributed by atoms with Gasteiger partial charge in [0.1, 0.15) is 0 Å². The second-order valence-electron chi connectivity index (χ2n) is 5.44. The van der Waals surface area contributed by atoms with Crippen molar-refractivity contribution in [3.8, 4) is 0 Å². The fourth-order valence-electron chi connectivity index (χ4n) is 3.43. The van der Waals surface area contributed by atoms with E-state index in [-0.39, 0.29) is 0 Å². The highest BCUT2D eigenvalue weighted by atomic mass is 15.1. The molecule has 16 heavy (non-hydrogen) atoms. The summed E-state index contributed by atoms with van der Waals surface area (Å²) in [5.41, 5.74) is 3.65. The predicted molar refractivity (Wildman–Crippen MR) is 70.6 cm³/mol. The maximum atomic E-state index is 2.63. The van der Waals surface area contributed by atoms with E-state index >= 15 is 0 Å². The third-order valence-electron chi connectivity index (χ3n) is 4.55. The minimum Gasteiger partial charge on any atom is -0.299 e. The molecule has 0 atom stereocenters. The van der Waals surface area contributed by atoms with Crippen LogP contribution in [0.5, 0.6) is 0 Å². The van der Waals surface area contributed by atoms with Crippen LogP contribution in [0, 0.1) is 5.92 Å².